The number of hydrogen-bond donors (Lipinski definition) is 2. The van der Waals surface area contributed by atoms with Gasteiger partial charge in [-0.1, -0.05) is 22.0 Å². The molecule has 0 atom stereocenters. The number of nitrogens with one attached hydrogen (secondary N) is 2. The van der Waals surface area contributed by atoms with Gasteiger partial charge < -0.3 is 10.6 Å². The number of carbonyl (C=O) groups excluding carboxylic acids is 1. The molecule has 1 heterocycles. The molecule has 1 aromatic rings. The van der Waals surface area contributed by atoms with Crippen molar-refractivity contribution in [2.45, 2.75) is 13.5 Å². The Balaban J connectivity index is 1.93. The molecule has 1 aliphatic heterocycles. The molecule has 0 spiro atoms. The predicted molar refractivity (Wildman–Crippen MR) is 67.1 cm³/mol. The minimum absolute atomic E-state index is 0.151. The number of halogens is 1. The van der Waals surface area contributed by atoms with E-state index in [1.54, 1.807) is 0 Å². The summed E-state index contributed by atoms with van der Waals surface area (Å²) in [5.74, 6) is 0.311. The van der Waals surface area contributed by atoms with Gasteiger partial charge in [0.15, 0.2) is 0 Å². The van der Waals surface area contributed by atoms with Gasteiger partial charge in [-0.05, 0) is 30.2 Å². The largest absolute Gasteiger partial charge is 0.352 e. The molecule has 2 N–H and O–H groups in total. The molecule has 86 valence electrons. The highest BCUT2D eigenvalue weighted by molar-refractivity contribution is 9.10. The first-order valence-electron chi connectivity index (χ1n) is 5.40. The van der Waals surface area contributed by atoms with Crippen molar-refractivity contribution >= 4 is 21.8 Å². The average molecular weight is 283 g/mol. The number of aryl methyl sites for hydroxylation is 1. The summed E-state index contributed by atoms with van der Waals surface area (Å²) < 4.78 is 1.05. The summed E-state index contributed by atoms with van der Waals surface area (Å²) in [6.45, 7) is 4.28. The van der Waals surface area contributed by atoms with Crippen molar-refractivity contribution in [3.05, 3.63) is 33.8 Å². The maximum absolute atomic E-state index is 11.6. The van der Waals surface area contributed by atoms with Crippen LogP contribution in [-0.4, -0.2) is 19.0 Å². The zero-order chi connectivity index (χ0) is 11.5. The van der Waals surface area contributed by atoms with Crippen molar-refractivity contribution in [1.82, 2.24) is 10.6 Å². The number of rotatable bonds is 3. The maximum atomic E-state index is 11.6. The molecule has 0 unspecified atom stereocenters. The first kappa shape index (κ1) is 11.6. The van der Waals surface area contributed by atoms with Crippen LogP contribution >= 0.6 is 15.9 Å². The van der Waals surface area contributed by atoms with Crippen molar-refractivity contribution in [3.8, 4) is 0 Å². The third-order valence-electron chi connectivity index (χ3n) is 2.92. The Morgan fingerprint density at radius 3 is 2.94 bits per heavy atom. The summed E-state index contributed by atoms with van der Waals surface area (Å²) in [5, 5.41) is 6.06. The summed E-state index contributed by atoms with van der Waals surface area (Å²) in [7, 11) is 0. The lowest BCUT2D eigenvalue weighted by molar-refractivity contribution is -0.126. The van der Waals surface area contributed by atoms with Crippen LogP contribution in [0.25, 0.3) is 0 Å². The van der Waals surface area contributed by atoms with Gasteiger partial charge in [0.1, 0.15) is 0 Å². The number of amides is 1. The third-order valence-corrected chi connectivity index (χ3v) is 3.41. The SMILES string of the molecule is Cc1ccc(Br)cc1CNC(=O)C1CNC1. The fourth-order valence-electron chi connectivity index (χ4n) is 1.63. The van der Waals surface area contributed by atoms with Gasteiger partial charge in [0.25, 0.3) is 0 Å². The molecule has 1 amide bonds. The fourth-order valence-corrected chi connectivity index (χ4v) is 2.04. The smallest absolute Gasteiger partial charge is 0.225 e. The third kappa shape index (κ3) is 2.62. The van der Waals surface area contributed by atoms with Crippen molar-refractivity contribution in [2.75, 3.05) is 13.1 Å². The normalized spacial score (nSPS) is 15.6. The van der Waals surface area contributed by atoms with Gasteiger partial charge in [0, 0.05) is 24.1 Å². The molecule has 0 saturated carbocycles. The molecule has 0 aliphatic carbocycles. The van der Waals surface area contributed by atoms with E-state index in [9.17, 15) is 4.79 Å². The first-order valence-corrected chi connectivity index (χ1v) is 6.19. The molecule has 2 rings (SSSR count). The van der Waals surface area contributed by atoms with Crippen LogP contribution in [-0.2, 0) is 11.3 Å². The Labute approximate surface area is 104 Å². The lowest BCUT2D eigenvalue weighted by atomic mass is 10.0. The second kappa shape index (κ2) is 4.97. The van der Waals surface area contributed by atoms with Gasteiger partial charge in [0.05, 0.1) is 5.92 Å². The highest BCUT2D eigenvalue weighted by atomic mass is 79.9. The Hall–Kier alpha value is -0.870. The van der Waals surface area contributed by atoms with Gasteiger partial charge >= 0.3 is 0 Å². The van der Waals surface area contributed by atoms with Crippen LogP contribution in [0.5, 0.6) is 0 Å². The molecule has 4 heteroatoms. The number of hydrogen-bond acceptors (Lipinski definition) is 2. The molecular weight excluding hydrogens is 268 g/mol. The van der Waals surface area contributed by atoms with Gasteiger partial charge in [0.2, 0.25) is 5.91 Å². The molecule has 1 fully saturated rings. The van der Waals surface area contributed by atoms with Gasteiger partial charge in [-0.15, -0.1) is 0 Å². The van der Waals surface area contributed by atoms with E-state index in [0.717, 1.165) is 23.1 Å². The van der Waals surface area contributed by atoms with E-state index in [1.165, 1.54) is 5.56 Å². The van der Waals surface area contributed by atoms with Crippen LogP contribution in [0.4, 0.5) is 0 Å². The topological polar surface area (TPSA) is 41.1 Å². The van der Waals surface area contributed by atoms with Crippen LogP contribution < -0.4 is 10.6 Å². The highest BCUT2D eigenvalue weighted by Gasteiger charge is 2.24. The molecule has 0 aromatic heterocycles. The van der Waals surface area contributed by atoms with Crippen LogP contribution in [0.1, 0.15) is 11.1 Å². The quantitative estimate of drug-likeness (QED) is 0.884. The van der Waals surface area contributed by atoms with E-state index >= 15 is 0 Å². The number of benzene rings is 1. The van der Waals surface area contributed by atoms with Gasteiger partial charge in [-0.2, -0.15) is 0 Å². The molecule has 0 radical (unpaired) electrons. The monoisotopic (exact) mass is 282 g/mol. The molecule has 0 bridgehead atoms. The highest BCUT2D eigenvalue weighted by Crippen LogP contribution is 2.16. The fraction of sp³-hybridized carbons (Fsp3) is 0.417. The summed E-state index contributed by atoms with van der Waals surface area (Å²) in [6.07, 6.45) is 0. The predicted octanol–water partition coefficient (Wildman–Crippen LogP) is 1.59. The zero-order valence-electron chi connectivity index (χ0n) is 9.22. The Bertz CT molecular complexity index is 402. The van der Waals surface area contributed by atoms with E-state index < -0.39 is 0 Å². The summed E-state index contributed by atoms with van der Waals surface area (Å²) >= 11 is 3.43. The summed E-state index contributed by atoms with van der Waals surface area (Å²) in [5.41, 5.74) is 2.37. The van der Waals surface area contributed by atoms with Crippen molar-refractivity contribution in [1.29, 1.82) is 0 Å². The molecule has 1 aliphatic rings. The lowest BCUT2D eigenvalue weighted by Gasteiger charge is -2.25. The van der Waals surface area contributed by atoms with Crippen LogP contribution in [0.2, 0.25) is 0 Å². The zero-order valence-corrected chi connectivity index (χ0v) is 10.8. The maximum Gasteiger partial charge on any atom is 0.225 e. The van der Waals surface area contributed by atoms with E-state index in [4.69, 9.17) is 0 Å². The number of carbonyl (C=O) groups is 1. The van der Waals surface area contributed by atoms with Crippen LogP contribution in [0.15, 0.2) is 22.7 Å². The van der Waals surface area contributed by atoms with Crippen LogP contribution in [0.3, 0.4) is 0 Å². The van der Waals surface area contributed by atoms with E-state index in [-0.39, 0.29) is 11.8 Å². The van der Waals surface area contributed by atoms with Crippen molar-refractivity contribution in [3.63, 3.8) is 0 Å². The molecule has 16 heavy (non-hydrogen) atoms. The van der Waals surface area contributed by atoms with E-state index in [0.29, 0.717) is 6.54 Å². The lowest BCUT2D eigenvalue weighted by Crippen LogP contribution is -2.50. The minimum atomic E-state index is 0.151. The minimum Gasteiger partial charge on any atom is -0.352 e. The first-order chi connectivity index (χ1) is 7.66. The summed E-state index contributed by atoms with van der Waals surface area (Å²) in [6, 6.07) is 6.11. The second-order valence-electron chi connectivity index (χ2n) is 4.14. The molecule has 3 nitrogen and oxygen atoms in total. The van der Waals surface area contributed by atoms with E-state index in [1.807, 2.05) is 6.07 Å². The summed E-state index contributed by atoms with van der Waals surface area (Å²) in [4.78, 5) is 11.6. The van der Waals surface area contributed by atoms with Crippen molar-refractivity contribution < 1.29 is 4.79 Å². The molecule has 1 aromatic carbocycles. The van der Waals surface area contributed by atoms with Gasteiger partial charge in [-0.25, -0.2) is 0 Å². The average Bonchev–Trinajstić information content (AvgIpc) is 2.17. The molecular formula is C12H15BrN2O. The Kier molecular flexibility index (Phi) is 3.61. The molecule has 1 saturated heterocycles. The Morgan fingerprint density at radius 1 is 1.56 bits per heavy atom. The van der Waals surface area contributed by atoms with E-state index in [2.05, 4.69) is 45.6 Å². The standard InChI is InChI=1S/C12H15BrN2O/c1-8-2-3-11(13)4-9(8)7-15-12(16)10-5-14-6-10/h2-4,10,14H,5-7H2,1H3,(H,15,16). The van der Waals surface area contributed by atoms with Crippen molar-refractivity contribution in [2.24, 2.45) is 5.92 Å². The van der Waals surface area contributed by atoms with Gasteiger partial charge in [-0.3, -0.25) is 4.79 Å². The Morgan fingerprint density at radius 2 is 2.31 bits per heavy atom. The van der Waals surface area contributed by atoms with Crippen LogP contribution in [0, 0.1) is 12.8 Å². The second-order valence-corrected chi connectivity index (χ2v) is 5.06.